The lowest BCUT2D eigenvalue weighted by Gasteiger charge is -2.15. The van der Waals surface area contributed by atoms with Crippen molar-refractivity contribution in [2.24, 2.45) is 5.41 Å². The predicted molar refractivity (Wildman–Crippen MR) is 91.6 cm³/mol. The highest BCUT2D eigenvalue weighted by Gasteiger charge is 2.22. The van der Waals surface area contributed by atoms with Crippen molar-refractivity contribution in [3.8, 4) is 0 Å². The van der Waals surface area contributed by atoms with Gasteiger partial charge in [-0.15, -0.1) is 11.3 Å². The Bertz CT molecular complexity index is 793. The summed E-state index contributed by atoms with van der Waals surface area (Å²) in [7, 11) is 0. The zero-order valence-corrected chi connectivity index (χ0v) is 14.2. The number of rotatable bonds is 4. The number of benzene rings is 1. The highest BCUT2D eigenvalue weighted by atomic mass is 32.1. The van der Waals surface area contributed by atoms with Gasteiger partial charge < -0.3 is 15.7 Å². The number of carbonyl (C=O) groups excluding carboxylic acids is 2. The molecule has 0 atom stereocenters. The second-order valence-corrected chi connectivity index (χ2v) is 6.94. The fraction of sp³-hybridized carbons (Fsp3) is 0.250. The smallest absolute Gasteiger partial charge is 0.335 e. The lowest BCUT2D eigenvalue weighted by Crippen LogP contribution is -2.27. The average Bonchev–Trinajstić information content (AvgIpc) is 2.95. The molecule has 2 aromatic rings. The summed E-state index contributed by atoms with van der Waals surface area (Å²) in [5, 5.41) is 16.0. The molecule has 0 bridgehead atoms. The van der Waals surface area contributed by atoms with Gasteiger partial charge in [0, 0.05) is 16.5 Å². The van der Waals surface area contributed by atoms with E-state index in [1.165, 1.54) is 23.6 Å². The second-order valence-electron chi connectivity index (χ2n) is 6.08. The van der Waals surface area contributed by atoms with Gasteiger partial charge in [-0.1, -0.05) is 26.8 Å². The summed E-state index contributed by atoms with van der Waals surface area (Å²) < 4.78 is 0. The Morgan fingerprint density at radius 1 is 1.17 bits per heavy atom. The number of carboxylic acid groups (broad SMARTS) is 1. The van der Waals surface area contributed by atoms with Crippen LogP contribution in [0.15, 0.2) is 29.6 Å². The molecule has 0 saturated carbocycles. The number of aromatic nitrogens is 1. The number of nitrogens with one attached hydrogen (secondary N) is 2. The fourth-order valence-electron chi connectivity index (χ4n) is 1.65. The van der Waals surface area contributed by atoms with Gasteiger partial charge in [-0.2, -0.15) is 0 Å². The number of hydrogen-bond donors (Lipinski definition) is 3. The molecule has 1 aromatic carbocycles. The SMILES string of the molecule is CC(C)(C)C(=O)Nc1nc(C(=O)Nc2cccc(C(=O)O)c2)cs1. The van der Waals surface area contributed by atoms with Crippen LogP contribution in [0.4, 0.5) is 10.8 Å². The van der Waals surface area contributed by atoms with E-state index in [2.05, 4.69) is 15.6 Å². The van der Waals surface area contributed by atoms with Crippen molar-refractivity contribution >= 4 is 39.9 Å². The van der Waals surface area contributed by atoms with E-state index in [-0.39, 0.29) is 17.2 Å². The summed E-state index contributed by atoms with van der Waals surface area (Å²) in [6.45, 7) is 5.33. The van der Waals surface area contributed by atoms with Crippen LogP contribution >= 0.6 is 11.3 Å². The zero-order valence-electron chi connectivity index (χ0n) is 13.4. The quantitative estimate of drug-likeness (QED) is 0.787. The number of anilines is 2. The highest BCUT2D eigenvalue weighted by molar-refractivity contribution is 7.14. The minimum atomic E-state index is -1.08. The van der Waals surface area contributed by atoms with Crippen molar-refractivity contribution in [3.05, 3.63) is 40.9 Å². The zero-order chi connectivity index (χ0) is 17.9. The molecule has 24 heavy (non-hydrogen) atoms. The lowest BCUT2D eigenvalue weighted by atomic mass is 9.96. The number of thiazole rings is 1. The molecule has 7 nitrogen and oxygen atoms in total. The van der Waals surface area contributed by atoms with Crippen LogP contribution in [0.3, 0.4) is 0 Å². The summed E-state index contributed by atoms with van der Waals surface area (Å²) in [4.78, 5) is 39.1. The Hall–Kier alpha value is -2.74. The van der Waals surface area contributed by atoms with Crippen LogP contribution in [-0.4, -0.2) is 27.9 Å². The van der Waals surface area contributed by atoms with Crippen LogP contribution in [0.5, 0.6) is 0 Å². The van der Waals surface area contributed by atoms with Crippen molar-refractivity contribution in [2.75, 3.05) is 10.6 Å². The molecule has 0 saturated heterocycles. The van der Waals surface area contributed by atoms with Gasteiger partial charge in [-0.05, 0) is 18.2 Å². The van der Waals surface area contributed by atoms with E-state index < -0.39 is 17.3 Å². The molecule has 1 heterocycles. The molecule has 0 unspecified atom stereocenters. The number of carboxylic acids is 1. The number of amides is 2. The van der Waals surface area contributed by atoms with Crippen LogP contribution in [0.25, 0.3) is 0 Å². The Balaban J connectivity index is 2.07. The van der Waals surface area contributed by atoms with Gasteiger partial charge in [-0.3, -0.25) is 9.59 Å². The van der Waals surface area contributed by atoms with Crippen LogP contribution in [0.2, 0.25) is 0 Å². The molecule has 0 spiro atoms. The van der Waals surface area contributed by atoms with Crippen molar-refractivity contribution < 1.29 is 19.5 Å². The lowest BCUT2D eigenvalue weighted by molar-refractivity contribution is -0.123. The van der Waals surface area contributed by atoms with Gasteiger partial charge in [0.15, 0.2) is 5.13 Å². The number of carbonyl (C=O) groups is 3. The summed E-state index contributed by atoms with van der Waals surface area (Å²) >= 11 is 1.14. The van der Waals surface area contributed by atoms with E-state index in [1.54, 1.807) is 26.8 Å². The monoisotopic (exact) mass is 347 g/mol. The van der Waals surface area contributed by atoms with Crippen molar-refractivity contribution in [1.82, 2.24) is 4.98 Å². The maximum atomic E-state index is 12.2. The van der Waals surface area contributed by atoms with Crippen LogP contribution < -0.4 is 10.6 Å². The third-order valence-electron chi connectivity index (χ3n) is 3.01. The first-order chi connectivity index (χ1) is 11.2. The second kappa shape index (κ2) is 6.79. The summed E-state index contributed by atoms with van der Waals surface area (Å²) in [6.07, 6.45) is 0. The van der Waals surface area contributed by atoms with Gasteiger partial charge in [0.1, 0.15) is 5.69 Å². The Morgan fingerprint density at radius 3 is 2.50 bits per heavy atom. The third kappa shape index (κ3) is 4.39. The molecule has 3 N–H and O–H groups in total. The van der Waals surface area contributed by atoms with E-state index in [0.717, 1.165) is 11.3 Å². The highest BCUT2D eigenvalue weighted by Crippen LogP contribution is 2.21. The molecule has 8 heteroatoms. The van der Waals surface area contributed by atoms with Gasteiger partial charge in [0.2, 0.25) is 5.91 Å². The Labute approximate surface area is 142 Å². The maximum absolute atomic E-state index is 12.2. The van der Waals surface area contributed by atoms with E-state index in [4.69, 9.17) is 5.11 Å². The van der Waals surface area contributed by atoms with Gasteiger partial charge in [0.05, 0.1) is 5.56 Å². The predicted octanol–water partition coefficient (Wildman–Crippen LogP) is 3.08. The van der Waals surface area contributed by atoms with Crippen LogP contribution in [-0.2, 0) is 4.79 Å². The van der Waals surface area contributed by atoms with Crippen LogP contribution in [0.1, 0.15) is 41.6 Å². The number of aromatic carboxylic acids is 1. The van der Waals surface area contributed by atoms with Crippen LogP contribution in [0, 0.1) is 5.41 Å². The number of hydrogen-bond acceptors (Lipinski definition) is 5. The minimum Gasteiger partial charge on any atom is -0.478 e. The number of nitrogens with zero attached hydrogens (tertiary/aromatic N) is 1. The van der Waals surface area contributed by atoms with E-state index in [1.807, 2.05) is 0 Å². The summed E-state index contributed by atoms with van der Waals surface area (Å²) in [5.74, 6) is -1.75. The summed E-state index contributed by atoms with van der Waals surface area (Å²) in [5.41, 5.74) is 0.00747. The molecule has 2 rings (SSSR count). The van der Waals surface area contributed by atoms with E-state index in [9.17, 15) is 14.4 Å². The molecule has 126 valence electrons. The molecule has 0 aliphatic rings. The molecule has 0 radical (unpaired) electrons. The first kappa shape index (κ1) is 17.6. The molecular weight excluding hydrogens is 330 g/mol. The van der Waals surface area contributed by atoms with Crippen molar-refractivity contribution in [2.45, 2.75) is 20.8 Å². The van der Waals surface area contributed by atoms with E-state index >= 15 is 0 Å². The first-order valence-electron chi connectivity index (χ1n) is 7.08. The average molecular weight is 347 g/mol. The molecule has 0 aliphatic heterocycles. The van der Waals surface area contributed by atoms with E-state index in [0.29, 0.717) is 10.8 Å². The first-order valence-corrected chi connectivity index (χ1v) is 7.96. The molecule has 1 aromatic heterocycles. The molecular formula is C16H17N3O4S. The fourth-order valence-corrected chi connectivity index (χ4v) is 2.33. The largest absolute Gasteiger partial charge is 0.478 e. The van der Waals surface area contributed by atoms with Crippen molar-refractivity contribution in [3.63, 3.8) is 0 Å². The normalized spacial score (nSPS) is 11.0. The minimum absolute atomic E-state index is 0.0733. The molecule has 0 aliphatic carbocycles. The molecule has 2 amide bonds. The maximum Gasteiger partial charge on any atom is 0.335 e. The summed E-state index contributed by atoms with van der Waals surface area (Å²) in [6, 6.07) is 5.91. The molecule has 0 fully saturated rings. The third-order valence-corrected chi connectivity index (χ3v) is 3.76. The topological polar surface area (TPSA) is 108 Å². The Morgan fingerprint density at radius 2 is 1.88 bits per heavy atom. The van der Waals surface area contributed by atoms with Gasteiger partial charge in [0.25, 0.3) is 5.91 Å². The van der Waals surface area contributed by atoms with Gasteiger partial charge in [-0.25, -0.2) is 9.78 Å². The van der Waals surface area contributed by atoms with Gasteiger partial charge >= 0.3 is 5.97 Å². The van der Waals surface area contributed by atoms with Crippen molar-refractivity contribution in [1.29, 1.82) is 0 Å². The standard InChI is InChI=1S/C16H17N3O4S/c1-16(2,3)14(23)19-15-18-11(8-24-15)12(20)17-10-6-4-5-9(7-10)13(21)22/h4-8H,1-3H3,(H,17,20)(H,21,22)(H,18,19,23). The Kier molecular flexibility index (Phi) is 4.99.